The van der Waals surface area contributed by atoms with Gasteiger partial charge in [-0.2, -0.15) is 0 Å². The summed E-state index contributed by atoms with van der Waals surface area (Å²) in [6, 6.07) is 6.09. The Bertz CT molecular complexity index is 407. The minimum Gasteiger partial charge on any atom is -0.325 e. The second kappa shape index (κ2) is 5.35. The van der Waals surface area contributed by atoms with Crippen molar-refractivity contribution in [3.05, 3.63) is 29.3 Å². The van der Waals surface area contributed by atoms with Crippen LogP contribution in [0.15, 0.2) is 18.2 Å². The molecule has 0 aromatic heterocycles. The van der Waals surface area contributed by atoms with E-state index < -0.39 is 0 Å². The van der Waals surface area contributed by atoms with Crippen molar-refractivity contribution >= 4 is 11.6 Å². The van der Waals surface area contributed by atoms with Crippen molar-refractivity contribution < 1.29 is 4.79 Å². The van der Waals surface area contributed by atoms with Crippen molar-refractivity contribution in [1.29, 1.82) is 0 Å². The molecule has 0 radical (unpaired) electrons. The average molecular weight is 233 g/mol. The molecule has 0 aliphatic heterocycles. The molecule has 0 bridgehead atoms. The standard InChI is InChI=1S/C15H23NO/c1-6-9-15(4,5)14(17)16-13-8-7-11(2)10-12(13)3/h7-8,10H,6,9H2,1-5H3,(H,16,17). The highest BCUT2D eigenvalue weighted by molar-refractivity contribution is 5.95. The molecular formula is C15H23NO. The van der Waals surface area contributed by atoms with Gasteiger partial charge in [0, 0.05) is 11.1 Å². The molecule has 0 heterocycles. The van der Waals surface area contributed by atoms with Crippen LogP contribution in [0.2, 0.25) is 0 Å². The van der Waals surface area contributed by atoms with Gasteiger partial charge in [-0.25, -0.2) is 0 Å². The first-order valence-electron chi connectivity index (χ1n) is 6.25. The summed E-state index contributed by atoms with van der Waals surface area (Å²) in [5.74, 6) is 0.103. The molecule has 2 nitrogen and oxygen atoms in total. The Labute approximate surface area is 104 Å². The van der Waals surface area contributed by atoms with Gasteiger partial charge < -0.3 is 5.32 Å². The van der Waals surface area contributed by atoms with Crippen molar-refractivity contribution in [2.45, 2.75) is 47.5 Å². The summed E-state index contributed by atoms with van der Waals surface area (Å²) in [5.41, 5.74) is 2.95. The van der Waals surface area contributed by atoms with Crippen molar-refractivity contribution in [2.75, 3.05) is 5.32 Å². The minimum absolute atomic E-state index is 0.103. The first-order chi connectivity index (χ1) is 7.86. The lowest BCUT2D eigenvalue weighted by molar-refractivity contribution is -0.124. The third-order valence-corrected chi connectivity index (χ3v) is 3.12. The van der Waals surface area contributed by atoms with E-state index in [4.69, 9.17) is 0 Å². The van der Waals surface area contributed by atoms with Gasteiger partial charge in [0.15, 0.2) is 0 Å². The second-order valence-corrected chi connectivity index (χ2v) is 5.41. The van der Waals surface area contributed by atoms with Gasteiger partial charge in [-0.05, 0) is 31.9 Å². The molecule has 1 rings (SSSR count). The SMILES string of the molecule is CCCC(C)(C)C(=O)Nc1ccc(C)cc1C. The van der Waals surface area contributed by atoms with Gasteiger partial charge in [0.05, 0.1) is 0 Å². The zero-order chi connectivity index (χ0) is 13.1. The Hall–Kier alpha value is -1.31. The first-order valence-corrected chi connectivity index (χ1v) is 6.25. The number of carbonyl (C=O) groups is 1. The van der Waals surface area contributed by atoms with Gasteiger partial charge in [-0.1, -0.05) is 44.9 Å². The summed E-state index contributed by atoms with van der Waals surface area (Å²) < 4.78 is 0. The fourth-order valence-electron chi connectivity index (χ4n) is 1.98. The largest absolute Gasteiger partial charge is 0.325 e. The fraction of sp³-hybridized carbons (Fsp3) is 0.533. The molecule has 0 atom stereocenters. The van der Waals surface area contributed by atoms with Crippen molar-refractivity contribution in [1.82, 2.24) is 0 Å². The molecule has 1 amide bonds. The molecular weight excluding hydrogens is 210 g/mol. The molecule has 0 spiro atoms. The van der Waals surface area contributed by atoms with Gasteiger partial charge >= 0.3 is 0 Å². The lowest BCUT2D eigenvalue weighted by atomic mass is 9.87. The number of amides is 1. The Balaban J connectivity index is 2.81. The number of nitrogens with one attached hydrogen (secondary N) is 1. The predicted octanol–water partition coefficient (Wildman–Crippen LogP) is 4.07. The van der Waals surface area contributed by atoms with Crippen LogP contribution in [0.4, 0.5) is 5.69 Å². The van der Waals surface area contributed by atoms with Crippen LogP contribution in [0.5, 0.6) is 0 Å². The Morgan fingerprint density at radius 3 is 2.47 bits per heavy atom. The summed E-state index contributed by atoms with van der Waals surface area (Å²) in [6.07, 6.45) is 1.93. The van der Waals surface area contributed by atoms with E-state index in [1.54, 1.807) is 0 Å². The summed E-state index contributed by atoms with van der Waals surface area (Å²) >= 11 is 0. The molecule has 17 heavy (non-hydrogen) atoms. The molecule has 1 aromatic rings. The highest BCUT2D eigenvalue weighted by atomic mass is 16.2. The number of rotatable bonds is 4. The monoisotopic (exact) mass is 233 g/mol. The van der Waals surface area contributed by atoms with E-state index in [0.717, 1.165) is 24.1 Å². The van der Waals surface area contributed by atoms with E-state index in [1.807, 2.05) is 32.9 Å². The zero-order valence-corrected chi connectivity index (χ0v) is 11.6. The predicted molar refractivity (Wildman–Crippen MR) is 73.2 cm³/mol. The van der Waals surface area contributed by atoms with E-state index >= 15 is 0 Å². The van der Waals surface area contributed by atoms with Gasteiger partial charge in [-0.3, -0.25) is 4.79 Å². The van der Waals surface area contributed by atoms with E-state index in [9.17, 15) is 4.79 Å². The van der Waals surface area contributed by atoms with Crippen molar-refractivity contribution in [2.24, 2.45) is 5.41 Å². The molecule has 2 heteroatoms. The lowest BCUT2D eigenvalue weighted by Crippen LogP contribution is -2.30. The molecule has 0 fully saturated rings. The zero-order valence-electron chi connectivity index (χ0n) is 11.6. The summed E-state index contributed by atoms with van der Waals surface area (Å²) in [7, 11) is 0. The maximum atomic E-state index is 12.2. The Kier molecular flexibility index (Phi) is 4.33. The fourth-order valence-corrected chi connectivity index (χ4v) is 1.98. The van der Waals surface area contributed by atoms with Crippen LogP contribution in [0.3, 0.4) is 0 Å². The average Bonchev–Trinajstić information content (AvgIpc) is 2.22. The van der Waals surface area contributed by atoms with Crippen LogP contribution in [-0.4, -0.2) is 5.91 Å². The van der Waals surface area contributed by atoms with Crippen LogP contribution < -0.4 is 5.32 Å². The number of hydrogen-bond donors (Lipinski definition) is 1. The molecule has 0 aliphatic carbocycles. The molecule has 0 saturated carbocycles. The van der Waals surface area contributed by atoms with Gasteiger partial charge in [0.2, 0.25) is 5.91 Å². The van der Waals surface area contributed by atoms with Crippen LogP contribution >= 0.6 is 0 Å². The van der Waals surface area contributed by atoms with Crippen LogP contribution in [0, 0.1) is 19.3 Å². The van der Waals surface area contributed by atoms with E-state index in [1.165, 1.54) is 5.56 Å². The molecule has 94 valence electrons. The number of carbonyl (C=O) groups excluding carboxylic acids is 1. The van der Waals surface area contributed by atoms with Crippen molar-refractivity contribution in [3.63, 3.8) is 0 Å². The molecule has 0 saturated heterocycles. The number of aryl methyl sites for hydroxylation is 2. The van der Waals surface area contributed by atoms with E-state index in [-0.39, 0.29) is 11.3 Å². The quantitative estimate of drug-likeness (QED) is 0.834. The Morgan fingerprint density at radius 1 is 1.29 bits per heavy atom. The maximum absolute atomic E-state index is 12.2. The minimum atomic E-state index is -0.300. The summed E-state index contributed by atoms with van der Waals surface area (Å²) in [6.45, 7) is 10.2. The smallest absolute Gasteiger partial charge is 0.230 e. The number of benzene rings is 1. The highest BCUT2D eigenvalue weighted by Gasteiger charge is 2.26. The normalized spacial score (nSPS) is 11.4. The van der Waals surface area contributed by atoms with Gasteiger partial charge in [0.25, 0.3) is 0 Å². The molecule has 1 N–H and O–H groups in total. The molecule has 0 aliphatic rings. The number of hydrogen-bond acceptors (Lipinski definition) is 1. The Morgan fingerprint density at radius 2 is 1.94 bits per heavy atom. The third kappa shape index (κ3) is 3.58. The first kappa shape index (κ1) is 13.8. The highest BCUT2D eigenvalue weighted by Crippen LogP contribution is 2.25. The maximum Gasteiger partial charge on any atom is 0.230 e. The molecule has 0 unspecified atom stereocenters. The summed E-state index contributed by atoms with van der Waals surface area (Å²) in [5, 5.41) is 3.02. The van der Waals surface area contributed by atoms with Crippen molar-refractivity contribution in [3.8, 4) is 0 Å². The third-order valence-electron chi connectivity index (χ3n) is 3.12. The van der Waals surface area contributed by atoms with E-state index in [2.05, 4.69) is 25.2 Å². The van der Waals surface area contributed by atoms with E-state index in [0.29, 0.717) is 0 Å². The number of anilines is 1. The lowest BCUT2D eigenvalue weighted by Gasteiger charge is -2.23. The van der Waals surface area contributed by atoms with Gasteiger partial charge in [0.1, 0.15) is 0 Å². The van der Waals surface area contributed by atoms with Crippen LogP contribution in [0.1, 0.15) is 44.7 Å². The van der Waals surface area contributed by atoms with Crippen LogP contribution in [-0.2, 0) is 4.79 Å². The topological polar surface area (TPSA) is 29.1 Å². The summed E-state index contributed by atoms with van der Waals surface area (Å²) in [4.78, 5) is 12.2. The van der Waals surface area contributed by atoms with Gasteiger partial charge in [-0.15, -0.1) is 0 Å². The second-order valence-electron chi connectivity index (χ2n) is 5.41. The van der Waals surface area contributed by atoms with Crippen LogP contribution in [0.25, 0.3) is 0 Å². The molecule has 1 aromatic carbocycles.